The summed E-state index contributed by atoms with van der Waals surface area (Å²) in [5.74, 6) is -1.45. The lowest BCUT2D eigenvalue weighted by atomic mass is 10.1. The van der Waals surface area contributed by atoms with Gasteiger partial charge in [-0.3, -0.25) is 4.79 Å². The second kappa shape index (κ2) is 7.68. The molecule has 1 rings (SSSR count). The average Bonchev–Trinajstić information content (AvgIpc) is 2.40. The SMILES string of the molecule is CCC(CNC(=O)Nc1ccc(SC)cc1)C(=O)O. The summed E-state index contributed by atoms with van der Waals surface area (Å²) in [7, 11) is 0. The van der Waals surface area contributed by atoms with Crippen LogP contribution in [0, 0.1) is 5.92 Å². The predicted molar refractivity (Wildman–Crippen MR) is 76.7 cm³/mol. The number of carbonyl (C=O) groups excluding carboxylic acids is 1. The lowest BCUT2D eigenvalue weighted by Crippen LogP contribution is -2.35. The molecule has 0 aromatic heterocycles. The first-order valence-electron chi connectivity index (χ1n) is 5.98. The van der Waals surface area contributed by atoms with Gasteiger partial charge in [0.25, 0.3) is 0 Å². The average molecular weight is 282 g/mol. The van der Waals surface area contributed by atoms with Crippen molar-refractivity contribution in [2.24, 2.45) is 5.92 Å². The first kappa shape index (κ1) is 15.4. The van der Waals surface area contributed by atoms with Crippen molar-refractivity contribution in [3.8, 4) is 0 Å². The number of benzene rings is 1. The molecule has 104 valence electrons. The number of carboxylic acids is 1. The van der Waals surface area contributed by atoms with Crippen LogP contribution in [0.2, 0.25) is 0 Å². The highest BCUT2D eigenvalue weighted by molar-refractivity contribution is 7.98. The Morgan fingerprint density at radius 3 is 2.42 bits per heavy atom. The van der Waals surface area contributed by atoms with Gasteiger partial charge in [-0.25, -0.2) is 4.79 Å². The van der Waals surface area contributed by atoms with Crippen molar-refractivity contribution in [1.82, 2.24) is 5.32 Å². The molecule has 0 saturated heterocycles. The Bertz CT molecular complexity index is 434. The maximum absolute atomic E-state index is 11.6. The smallest absolute Gasteiger partial charge is 0.319 e. The molecule has 0 aliphatic carbocycles. The van der Waals surface area contributed by atoms with Crippen molar-refractivity contribution in [2.45, 2.75) is 18.2 Å². The highest BCUT2D eigenvalue weighted by Gasteiger charge is 2.15. The fraction of sp³-hybridized carbons (Fsp3) is 0.385. The van der Waals surface area contributed by atoms with Gasteiger partial charge in [0.1, 0.15) is 0 Å². The normalized spacial score (nSPS) is 11.7. The summed E-state index contributed by atoms with van der Waals surface area (Å²) >= 11 is 1.62. The molecular weight excluding hydrogens is 264 g/mol. The molecule has 0 aliphatic rings. The van der Waals surface area contributed by atoms with Crippen LogP contribution in [0.5, 0.6) is 0 Å². The van der Waals surface area contributed by atoms with E-state index in [1.54, 1.807) is 30.8 Å². The van der Waals surface area contributed by atoms with Crippen LogP contribution in [0.25, 0.3) is 0 Å². The van der Waals surface area contributed by atoms with Gasteiger partial charge in [0.2, 0.25) is 0 Å². The topological polar surface area (TPSA) is 78.4 Å². The Kier molecular flexibility index (Phi) is 6.21. The Hall–Kier alpha value is -1.69. The maximum Gasteiger partial charge on any atom is 0.319 e. The highest BCUT2D eigenvalue weighted by atomic mass is 32.2. The van der Waals surface area contributed by atoms with E-state index in [-0.39, 0.29) is 6.54 Å². The van der Waals surface area contributed by atoms with E-state index >= 15 is 0 Å². The van der Waals surface area contributed by atoms with E-state index in [2.05, 4.69) is 10.6 Å². The Morgan fingerprint density at radius 2 is 1.95 bits per heavy atom. The van der Waals surface area contributed by atoms with Crippen LogP contribution in [0.15, 0.2) is 29.2 Å². The lowest BCUT2D eigenvalue weighted by Gasteiger charge is -2.12. The van der Waals surface area contributed by atoms with Crippen molar-refractivity contribution in [2.75, 3.05) is 18.1 Å². The molecule has 1 unspecified atom stereocenters. The molecule has 0 radical (unpaired) electrons. The van der Waals surface area contributed by atoms with Gasteiger partial charge in [-0.05, 0) is 36.9 Å². The van der Waals surface area contributed by atoms with E-state index in [0.717, 1.165) is 4.90 Å². The summed E-state index contributed by atoms with van der Waals surface area (Å²) < 4.78 is 0. The number of carbonyl (C=O) groups is 2. The number of urea groups is 1. The summed E-state index contributed by atoms with van der Waals surface area (Å²) in [4.78, 5) is 23.5. The standard InChI is InChI=1S/C13H18N2O3S/c1-3-9(12(16)17)8-14-13(18)15-10-4-6-11(19-2)7-5-10/h4-7,9H,3,8H2,1-2H3,(H,16,17)(H2,14,15,18). The Labute approximate surface area is 116 Å². The summed E-state index contributed by atoms with van der Waals surface area (Å²) in [6.45, 7) is 1.90. The van der Waals surface area contributed by atoms with Gasteiger partial charge >= 0.3 is 12.0 Å². The number of aliphatic carboxylic acids is 1. The van der Waals surface area contributed by atoms with E-state index < -0.39 is 17.9 Å². The Morgan fingerprint density at radius 1 is 1.32 bits per heavy atom. The molecule has 19 heavy (non-hydrogen) atoms. The number of anilines is 1. The molecule has 0 heterocycles. The molecule has 6 heteroatoms. The molecule has 1 atom stereocenters. The van der Waals surface area contributed by atoms with Crippen molar-refractivity contribution in [3.05, 3.63) is 24.3 Å². The third kappa shape index (κ3) is 5.21. The van der Waals surface area contributed by atoms with Crippen LogP contribution in [-0.4, -0.2) is 29.9 Å². The third-order valence-corrected chi connectivity index (χ3v) is 3.44. The zero-order valence-electron chi connectivity index (χ0n) is 11.0. The van der Waals surface area contributed by atoms with E-state index in [9.17, 15) is 9.59 Å². The lowest BCUT2D eigenvalue weighted by molar-refractivity contribution is -0.141. The van der Waals surface area contributed by atoms with E-state index in [1.807, 2.05) is 18.4 Å². The number of hydrogen-bond donors (Lipinski definition) is 3. The molecule has 0 spiro atoms. The third-order valence-electron chi connectivity index (χ3n) is 2.70. The molecule has 1 aromatic carbocycles. The summed E-state index contributed by atoms with van der Waals surface area (Å²) in [5.41, 5.74) is 0.679. The van der Waals surface area contributed by atoms with E-state index in [4.69, 9.17) is 5.11 Å². The minimum Gasteiger partial charge on any atom is -0.481 e. The van der Waals surface area contributed by atoms with E-state index in [0.29, 0.717) is 12.1 Å². The van der Waals surface area contributed by atoms with Crippen LogP contribution in [0.4, 0.5) is 10.5 Å². The summed E-state index contributed by atoms with van der Waals surface area (Å²) in [6, 6.07) is 7.04. The molecule has 0 fully saturated rings. The van der Waals surface area contributed by atoms with Crippen LogP contribution < -0.4 is 10.6 Å². The first-order valence-corrected chi connectivity index (χ1v) is 7.21. The predicted octanol–water partition coefficient (Wildman–Crippen LogP) is 2.64. The van der Waals surface area contributed by atoms with Gasteiger partial charge in [0.05, 0.1) is 5.92 Å². The van der Waals surface area contributed by atoms with Crippen LogP contribution in [0.1, 0.15) is 13.3 Å². The fourth-order valence-corrected chi connectivity index (χ4v) is 1.88. The number of thioether (sulfide) groups is 1. The van der Waals surface area contributed by atoms with E-state index in [1.165, 1.54) is 0 Å². The summed E-state index contributed by atoms with van der Waals surface area (Å²) in [5, 5.41) is 14.1. The molecule has 3 N–H and O–H groups in total. The monoisotopic (exact) mass is 282 g/mol. The zero-order valence-corrected chi connectivity index (χ0v) is 11.8. The van der Waals surface area contributed by atoms with Crippen LogP contribution in [0.3, 0.4) is 0 Å². The van der Waals surface area contributed by atoms with Gasteiger partial charge in [0.15, 0.2) is 0 Å². The quantitative estimate of drug-likeness (QED) is 0.701. The minimum atomic E-state index is -0.896. The second-order valence-corrected chi connectivity index (χ2v) is 4.89. The molecule has 2 amide bonds. The van der Waals surface area contributed by atoms with Gasteiger partial charge in [-0.15, -0.1) is 11.8 Å². The van der Waals surface area contributed by atoms with Crippen molar-refractivity contribution in [3.63, 3.8) is 0 Å². The van der Waals surface area contributed by atoms with Gasteiger partial charge < -0.3 is 15.7 Å². The fourth-order valence-electron chi connectivity index (χ4n) is 1.47. The largest absolute Gasteiger partial charge is 0.481 e. The van der Waals surface area contributed by atoms with Crippen LogP contribution in [-0.2, 0) is 4.79 Å². The molecule has 0 saturated carbocycles. The zero-order chi connectivity index (χ0) is 14.3. The molecular formula is C13H18N2O3S. The van der Waals surface area contributed by atoms with Gasteiger partial charge in [-0.2, -0.15) is 0 Å². The minimum absolute atomic E-state index is 0.126. The number of nitrogens with one attached hydrogen (secondary N) is 2. The van der Waals surface area contributed by atoms with Crippen molar-refractivity contribution >= 4 is 29.4 Å². The number of hydrogen-bond acceptors (Lipinski definition) is 3. The van der Waals surface area contributed by atoms with Gasteiger partial charge in [0, 0.05) is 17.1 Å². The van der Waals surface area contributed by atoms with Crippen LogP contribution >= 0.6 is 11.8 Å². The second-order valence-electron chi connectivity index (χ2n) is 4.01. The number of rotatable bonds is 6. The highest BCUT2D eigenvalue weighted by Crippen LogP contribution is 2.17. The van der Waals surface area contributed by atoms with Crippen molar-refractivity contribution in [1.29, 1.82) is 0 Å². The molecule has 5 nitrogen and oxygen atoms in total. The number of carboxylic acid groups (broad SMARTS) is 1. The molecule has 0 bridgehead atoms. The number of amides is 2. The Balaban J connectivity index is 2.44. The first-order chi connectivity index (χ1) is 9.06. The van der Waals surface area contributed by atoms with Crippen molar-refractivity contribution < 1.29 is 14.7 Å². The maximum atomic E-state index is 11.6. The molecule has 0 aliphatic heterocycles. The van der Waals surface area contributed by atoms with Gasteiger partial charge in [-0.1, -0.05) is 6.92 Å². The summed E-state index contributed by atoms with van der Waals surface area (Å²) in [6.07, 6.45) is 2.46. The molecule has 1 aromatic rings.